The van der Waals surface area contributed by atoms with Crippen LogP contribution >= 0.6 is 0 Å². The largest absolute Gasteiger partial charge is 0.478 e. The molecule has 0 amide bonds. The van der Waals surface area contributed by atoms with Crippen LogP contribution in [0, 0.1) is 11.3 Å². The minimum atomic E-state index is -0.917. The Bertz CT molecular complexity index is 540. The number of hydrogen-bond acceptors (Lipinski definition) is 1. The third-order valence-electron chi connectivity index (χ3n) is 4.32. The van der Waals surface area contributed by atoms with Gasteiger partial charge in [-0.2, -0.15) is 0 Å². The molecule has 0 bridgehead atoms. The predicted molar refractivity (Wildman–Crippen MR) is 100 cm³/mol. The van der Waals surface area contributed by atoms with Crippen molar-refractivity contribution in [2.45, 2.75) is 54.9 Å². The molecule has 23 heavy (non-hydrogen) atoms. The van der Waals surface area contributed by atoms with Crippen LogP contribution in [-0.2, 0) is 4.79 Å². The van der Waals surface area contributed by atoms with Crippen LogP contribution in [0.2, 0.25) is 0 Å². The average molecular weight is 316 g/mol. The maximum atomic E-state index is 10.6. The first-order chi connectivity index (χ1) is 10.6. The van der Waals surface area contributed by atoms with E-state index in [0.29, 0.717) is 5.92 Å². The van der Waals surface area contributed by atoms with Gasteiger partial charge in [0.1, 0.15) is 0 Å². The van der Waals surface area contributed by atoms with E-state index >= 15 is 0 Å². The Balaban J connectivity index is 5.13. The maximum Gasteiger partial charge on any atom is 0.328 e. The van der Waals surface area contributed by atoms with Crippen LogP contribution in [0.3, 0.4) is 0 Å². The summed E-state index contributed by atoms with van der Waals surface area (Å²) in [6.07, 6.45) is 14.6. The first kappa shape index (κ1) is 21.2. The monoisotopic (exact) mass is 316 g/mol. The standard InChI is InChI=1S/C21H32O2/c1-8-18(5)19(21(6,7)9-2)14-13-16(3)11-10-12-17(4)15-20(22)23/h8,10-15,19H,9H2,1-7H3,(H,22,23). The summed E-state index contributed by atoms with van der Waals surface area (Å²) in [5, 5.41) is 8.67. The first-order valence-electron chi connectivity index (χ1n) is 8.21. The molecule has 128 valence electrons. The second kappa shape index (κ2) is 10.0. The van der Waals surface area contributed by atoms with Crippen molar-refractivity contribution in [3.8, 4) is 0 Å². The van der Waals surface area contributed by atoms with Crippen molar-refractivity contribution in [1.29, 1.82) is 0 Å². The molecule has 0 fully saturated rings. The number of allylic oxidation sites excluding steroid dienone is 9. The highest BCUT2D eigenvalue weighted by molar-refractivity contribution is 5.81. The summed E-state index contributed by atoms with van der Waals surface area (Å²) in [5.74, 6) is -0.502. The molecule has 0 spiro atoms. The molecule has 0 aliphatic heterocycles. The van der Waals surface area contributed by atoms with Crippen molar-refractivity contribution in [2.24, 2.45) is 11.3 Å². The van der Waals surface area contributed by atoms with Crippen molar-refractivity contribution < 1.29 is 9.90 Å². The topological polar surface area (TPSA) is 37.3 Å². The van der Waals surface area contributed by atoms with Crippen molar-refractivity contribution in [3.05, 3.63) is 59.3 Å². The fourth-order valence-electron chi connectivity index (χ4n) is 2.33. The highest BCUT2D eigenvalue weighted by atomic mass is 16.4. The fourth-order valence-corrected chi connectivity index (χ4v) is 2.33. The molecule has 2 heteroatoms. The van der Waals surface area contributed by atoms with Crippen LogP contribution in [0.25, 0.3) is 0 Å². The summed E-state index contributed by atoms with van der Waals surface area (Å²) in [7, 11) is 0. The van der Waals surface area contributed by atoms with Gasteiger partial charge in [-0.25, -0.2) is 4.79 Å². The lowest BCUT2D eigenvalue weighted by Gasteiger charge is -2.32. The Labute approximate surface area is 142 Å². The Morgan fingerprint density at radius 3 is 2.22 bits per heavy atom. The van der Waals surface area contributed by atoms with Crippen LogP contribution in [-0.4, -0.2) is 11.1 Å². The number of aliphatic carboxylic acids is 1. The van der Waals surface area contributed by atoms with Crippen molar-refractivity contribution >= 4 is 5.97 Å². The first-order valence-corrected chi connectivity index (χ1v) is 8.21. The van der Waals surface area contributed by atoms with E-state index in [-0.39, 0.29) is 5.41 Å². The van der Waals surface area contributed by atoms with Gasteiger partial charge in [-0.15, -0.1) is 0 Å². The Hall–Kier alpha value is -1.83. The van der Waals surface area contributed by atoms with Crippen molar-refractivity contribution in [3.63, 3.8) is 0 Å². The van der Waals surface area contributed by atoms with E-state index in [1.165, 1.54) is 11.6 Å². The van der Waals surface area contributed by atoms with E-state index in [2.05, 4.69) is 59.8 Å². The predicted octanol–water partition coefficient (Wildman–Crippen LogP) is 6.09. The van der Waals surface area contributed by atoms with E-state index in [1.54, 1.807) is 13.0 Å². The zero-order valence-electron chi connectivity index (χ0n) is 15.7. The normalized spacial score (nSPS) is 16.4. The van der Waals surface area contributed by atoms with E-state index in [1.807, 2.05) is 12.2 Å². The Morgan fingerprint density at radius 2 is 1.74 bits per heavy atom. The summed E-state index contributed by atoms with van der Waals surface area (Å²) < 4.78 is 0. The summed E-state index contributed by atoms with van der Waals surface area (Å²) >= 11 is 0. The molecule has 0 aromatic rings. The molecular weight excluding hydrogens is 284 g/mol. The van der Waals surface area contributed by atoms with Gasteiger partial charge in [-0.05, 0) is 38.7 Å². The van der Waals surface area contributed by atoms with Crippen LogP contribution in [0.4, 0.5) is 0 Å². The maximum absolute atomic E-state index is 10.6. The van der Waals surface area contributed by atoms with Crippen LogP contribution < -0.4 is 0 Å². The van der Waals surface area contributed by atoms with Crippen LogP contribution in [0.5, 0.6) is 0 Å². The van der Waals surface area contributed by atoms with Gasteiger partial charge >= 0.3 is 5.97 Å². The molecule has 1 unspecified atom stereocenters. The lowest BCUT2D eigenvalue weighted by Crippen LogP contribution is -2.22. The summed E-state index contributed by atoms with van der Waals surface area (Å²) in [5.41, 5.74) is 3.48. The number of carboxylic acids is 1. The van der Waals surface area contributed by atoms with Crippen LogP contribution in [0.15, 0.2) is 59.3 Å². The van der Waals surface area contributed by atoms with Gasteiger partial charge in [0.2, 0.25) is 0 Å². The molecule has 0 saturated carbocycles. The quantitative estimate of drug-likeness (QED) is 0.334. The molecule has 1 N–H and O–H groups in total. The molecule has 0 aromatic carbocycles. The van der Waals surface area contributed by atoms with Gasteiger partial charge in [-0.3, -0.25) is 0 Å². The molecule has 0 radical (unpaired) electrons. The number of rotatable bonds is 8. The second-order valence-corrected chi connectivity index (χ2v) is 6.71. The van der Waals surface area contributed by atoms with E-state index < -0.39 is 5.97 Å². The van der Waals surface area contributed by atoms with Gasteiger partial charge in [0.25, 0.3) is 0 Å². The summed E-state index contributed by atoms with van der Waals surface area (Å²) in [6, 6.07) is 0. The van der Waals surface area contributed by atoms with Crippen LogP contribution in [0.1, 0.15) is 54.9 Å². The van der Waals surface area contributed by atoms with Gasteiger partial charge < -0.3 is 5.11 Å². The zero-order valence-corrected chi connectivity index (χ0v) is 15.7. The number of hydrogen-bond donors (Lipinski definition) is 1. The minimum Gasteiger partial charge on any atom is -0.478 e. The van der Waals surface area contributed by atoms with Crippen molar-refractivity contribution in [1.82, 2.24) is 0 Å². The zero-order chi connectivity index (χ0) is 18.0. The van der Waals surface area contributed by atoms with E-state index in [4.69, 9.17) is 5.11 Å². The van der Waals surface area contributed by atoms with E-state index in [9.17, 15) is 4.79 Å². The lowest BCUT2D eigenvalue weighted by molar-refractivity contribution is -0.131. The van der Waals surface area contributed by atoms with Gasteiger partial charge in [0, 0.05) is 12.0 Å². The average Bonchev–Trinajstić information content (AvgIpc) is 2.46. The smallest absolute Gasteiger partial charge is 0.328 e. The second-order valence-electron chi connectivity index (χ2n) is 6.71. The van der Waals surface area contributed by atoms with Crippen molar-refractivity contribution in [2.75, 3.05) is 0 Å². The number of carboxylic acid groups (broad SMARTS) is 1. The Kier molecular flexibility index (Phi) is 9.24. The molecule has 0 aliphatic rings. The van der Waals surface area contributed by atoms with Gasteiger partial charge in [0.15, 0.2) is 0 Å². The molecule has 0 heterocycles. The highest BCUT2D eigenvalue weighted by Crippen LogP contribution is 2.36. The fraction of sp³-hybridized carbons (Fsp3) is 0.476. The molecule has 0 saturated heterocycles. The van der Waals surface area contributed by atoms with Gasteiger partial charge in [-0.1, -0.05) is 74.8 Å². The SMILES string of the molecule is CC=C(C)C(C=CC(C)=CC=CC(C)=CC(=O)O)C(C)(C)CC. The third-order valence-corrected chi connectivity index (χ3v) is 4.32. The molecular formula is C21H32O2. The third kappa shape index (κ3) is 8.39. The van der Waals surface area contributed by atoms with E-state index in [0.717, 1.165) is 17.6 Å². The Morgan fingerprint density at radius 1 is 1.13 bits per heavy atom. The molecule has 0 aromatic heterocycles. The number of carbonyl (C=O) groups is 1. The highest BCUT2D eigenvalue weighted by Gasteiger charge is 2.26. The minimum absolute atomic E-state index is 0.226. The van der Waals surface area contributed by atoms with Gasteiger partial charge in [0.05, 0.1) is 0 Å². The summed E-state index contributed by atoms with van der Waals surface area (Å²) in [6.45, 7) is 14.9. The summed E-state index contributed by atoms with van der Waals surface area (Å²) in [4.78, 5) is 10.6. The lowest BCUT2D eigenvalue weighted by atomic mass is 9.73. The molecule has 1 atom stereocenters. The molecule has 0 aliphatic carbocycles. The molecule has 0 rings (SSSR count). The molecule has 2 nitrogen and oxygen atoms in total.